The highest BCUT2D eigenvalue weighted by Gasteiger charge is 2.52. The molecule has 0 bridgehead atoms. The third-order valence-corrected chi connectivity index (χ3v) is 2.30. The first-order valence-corrected chi connectivity index (χ1v) is 4.63. The van der Waals surface area contributed by atoms with Gasteiger partial charge < -0.3 is 5.32 Å². The highest BCUT2D eigenvalue weighted by Crippen LogP contribution is 2.40. The van der Waals surface area contributed by atoms with E-state index < -0.39 is 18.0 Å². The van der Waals surface area contributed by atoms with Gasteiger partial charge in [-0.25, -0.2) is 13.6 Å². The minimum absolute atomic E-state index is 0.0231. The van der Waals surface area contributed by atoms with Crippen LogP contribution < -0.4 is 10.6 Å². The summed E-state index contributed by atoms with van der Waals surface area (Å²) in [4.78, 5) is 12.5. The van der Waals surface area contributed by atoms with Crippen LogP contribution in [0.5, 0.6) is 0 Å². The maximum atomic E-state index is 12.5. The summed E-state index contributed by atoms with van der Waals surface area (Å²) in [7, 11) is 1.53. The Balaban J connectivity index is 1.90. The molecule has 1 aliphatic rings. The molecular formula is C7H10F2N6O. The van der Waals surface area contributed by atoms with E-state index in [1.165, 1.54) is 7.05 Å². The van der Waals surface area contributed by atoms with Crippen molar-refractivity contribution in [1.29, 1.82) is 0 Å². The molecule has 0 aromatic carbocycles. The molecule has 1 heterocycles. The number of aromatic nitrogens is 4. The van der Waals surface area contributed by atoms with Gasteiger partial charge >= 0.3 is 6.03 Å². The second-order valence-corrected chi connectivity index (χ2v) is 3.64. The number of rotatable bonds is 3. The number of carbonyl (C=O) groups is 1. The average Bonchev–Trinajstić information content (AvgIpc) is 2.85. The minimum atomic E-state index is -2.56. The van der Waals surface area contributed by atoms with E-state index >= 15 is 0 Å². The number of urea groups is 1. The number of hydrogen-bond acceptors (Lipinski definition) is 4. The molecule has 1 fully saturated rings. The molecule has 0 unspecified atom stereocenters. The maximum absolute atomic E-state index is 12.5. The number of carbonyl (C=O) groups excluding carboxylic acids is 1. The van der Waals surface area contributed by atoms with Crippen molar-refractivity contribution < 1.29 is 13.6 Å². The normalized spacial score (nSPS) is 17.2. The predicted molar refractivity (Wildman–Crippen MR) is 48.9 cm³/mol. The van der Waals surface area contributed by atoms with Crippen LogP contribution in [0.1, 0.15) is 12.8 Å². The van der Waals surface area contributed by atoms with Crippen LogP contribution in [-0.4, -0.2) is 38.2 Å². The van der Waals surface area contributed by atoms with Crippen molar-refractivity contribution in [3.8, 4) is 0 Å². The summed E-state index contributed by atoms with van der Waals surface area (Å²) < 4.78 is 25.0. The summed E-state index contributed by atoms with van der Waals surface area (Å²) in [5, 5.41) is 15.1. The lowest BCUT2D eigenvalue weighted by atomic mass is 10.3. The number of hydrogen-bond donors (Lipinski definition) is 2. The van der Waals surface area contributed by atoms with Crippen LogP contribution in [0.25, 0.3) is 0 Å². The third-order valence-electron chi connectivity index (χ3n) is 2.30. The van der Waals surface area contributed by atoms with Crippen molar-refractivity contribution in [3.63, 3.8) is 0 Å². The monoisotopic (exact) mass is 232 g/mol. The van der Waals surface area contributed by atoms with Crippen LogP contribution >= 0.6 is 0 Å². The summed E-state index contributed by atoms with van der Waals surface area (Å²) >= 11 is 0. The Morgan fingerprint density at radius 3 is 2.69 bits per heavy atom. The number of tetrazole rings is 1. The molecule has 0 atom stereocenters. The Morgan fingerprint density at radius 1 is 1.56 bits per heavy atom. The second kappa shape index (κ2) is 3.65. The summed E-state index contributed by atoms with van der Waals surface area (Å²) in [6.45, 7) is 0. The van der Waals surface area contributed by atoms with Gasteiger partial charge in [0, 0.05) is 0 Å². The number of aryl methyl sites for hydroxylation is 1. The quantitative estimate of drug-likeness (QED) is 0.775. The molecular weight excluding hydrogens is 222 g/mol. The molecule has 2 amide bonds. The molecule has 88 valence electrons. The summed E-state index contributed by atoms with van der Waals surface area (Å²) in [5.74, 6) is -0.0231. The number of alkyl halides is 2. The van der Waals surface area contributed by atoms with E-state index in [4.69, 9.17) is 0 Å². The van der Waals surface area contributed by atoms with E-state index in [0.717, 1.165) is 4.80 Å². The largest absolute Gasteiger partial charge is 0.327 e. The Kier molecular flexibility index (Phi) is 2.44. The molecule has 0 aliphatic heterocycles. The second-order valence-electron chi connectivity index (χ2n) is 3.64. The molecule has 0 radical (unpaired) electrons. The lowest BCUT2D eigenvalue weighted by molar-refractivity contribution is 0.0908. The van der Waals surface area contributed by atoms with Crippen molar-refractivity contribution in [1.82, 2.24) is 25.5 Å². The van der Waals surface area contributed by atoms with Crippen LogP contribution in [0.15, 0.2) is 0 Å². The fourth-order valence-corrected chi connectivity index (χ4v) is 1.23. The molecule has 9 heteroatoms. The standard InChI is InChI=1S/C7H10F2N6O/c1-15-13-5(12-14-15)10-6(16)11-7(2-3-7)4(8)9/h4H,2-3H2,1H3,(H2,10,11,13,16). The summed E-state index contributed by atoms with van der Waals surface area (Å²) in [6, 6.07) is -0.745. The first kappa shape index (κ1) is 10.7. The Labute approximate surface area is 89.2 Å². The highest BCUT2D eigenvalue weighted by atomic mass is 19.3. The SMILES string of the molecule is Cn1nnc(NC(=O)NC2(C(F)F)CC2)n1. The number of halogens is 2. The first-order chi connectivity index (χ1) is 7.52. The maximum Gasteiger partial charge on any atom is 0.322 e. The van der Waals surface area contributed by atoms with Crippen LogP contribution in [0.2, 0.25) is 0 Å². The zero-order chi connectivity index (χ0) is 11.8. The zero-order valence-electron chi connectivity index (χ0n) is 8.44. The predicted octanol–water partition coefficient (Wildman–Crippen LogP) is 0.129. The van der Waals surface area contributed by atoms with Gasteiger partial charge in [-0.2, -0.15) is 4.80 Å². The van der Waals surface area contributed by atoms with Gasteiger partial charge in [0.2, 0.25) is 0 Å². The zero-order valence-corrected chi connectivity index (χ0v) is 8.44. The topological polar surface area (TPSA) is 84.7 Å². The fourth-order valence-electron chi connectivity index (χ4n) is 1.23. The molecule has 2 rings (SSSR count). The van der Waals surface area contributed by atoms with Gasteiger partial charge in [-0.1, -0.05) is 5.10 Å². The van der Waals surface area contributed by atoms with E-state index in [1.807, 2.05) is 0 Å². The van der Waals surface area contributed by atoms with Gasteiger partial charge in [0.1, 0.15) is 5.54 Å². The van der Waals surface area contributed by atoms with Gasteiger partial charge in [-0.15, -0.1) is 5.10 Å². The van der Waals surface area contributed by atoms with Gasteiger partial charge in [-0.05, 0) is 18.1 Å². The summed E-state index contributed by atoms with van der Waals surface area (Å²) in [5.41, 5.74) is -1.37. The highest BCUT2D eigenvalue weighted by molar-refractivity contribution is 5.88. The van der Waals surface area contributed by atoms with Gasteiger partial charge in [0.25, 0.3) is 12.4 Å². The molecule has 16 heavy (non-hydrogen) atoms. The van der Waals surface area contributed by atoms with E-state index in [1.54, 1.807) is 0 Å². The molecule has 0 saturated heterocycles. The van der Waals surface area contributed by atoms with Crippen LogP contribution in [0, 0.1) is 0 Å². The molecule has 2 N–H and O–H groups in total. The Morgan fingerprint density at radius 2 is 2.25 bits per heavy atom. The minimum Gasteiger partial charge on any atom is -0.327 e. The molecule has 1 aromatic heterocycles. The lowest BCUT2D eigenvalue weighted by Gasteiger charge is -2.15. The Hall–Kier alpha value is -1.80. The Bertz CT molecular complexity index is 401. The molecule has 7 nitrogen and oxygen atoms in total. The molecule has 0 spiro atoms. The first-order valence-electron chi connectivity index (χ1n) is 4.63. The van der Waals surface area contributed by atoms with Crippen molar-refractivity contribution >= 4 is 12.0 Å². The molecule has 1 aromatic rings. The van der Waals surface area contributed by atoms with E-state index in [0.29, 0.717) is 0 Å². The van der Waals surface area contributed by atoms with Gasteiger partial charge in [-0.3, -0.25) is 5.32 Å². The van der Waals surface area contributed by atoms with Crippen molar-refractivity contribution in [2.45, 2.75) is 24.8 Å². The van der Waals surface area contributed by atoms with E-state index in [9.17, 15) is 13.6 Å². The number of nitrogens with zero attached hydrogens (tertiary/aromatic N) is 4. The van der Waals surface area contributed by atoms with Crippen LogP contribution in [0.4, 0.5) is 19.5 Å². The van der Waals surface area contributed by atoms with Crippen LogP contribution in [0.3, 0.4) is 0 Å². The third kappa shape index (κ3) is 2.07. The smallest absolute Gasteiger partial charge is 0.322 e. The van der Waals surface area contributed by atoms with E-state index in [2.05, 4.69) is 26.0 Å². The number of nitrogens with one attached hydrogen (secondary N) is 2. The molecule has 1 saturated carbocycles. The van der Waals surface area contributed by atoms with Crippen molar-refractivity contribution in [2.75, 3.05) is 5.32 Å². The fraction of sp³-hybridized carbons (Fsp3) is 0.714. The van der Waals surface area contributed by atoms with Gasteiger partial charge in [0.05, 0.1) is 7.05 Å². The van der Waals surface area contributed by atoms with Crippen molar-refractivity contribution in [3.05, 3.63) is 0 Å². The molecule has 1 aliphatic carbocycles. The lowest BCUT2D eigenvalue weighted by Crippen LogP contribution is -2.44. The average molecular weight is 232 g/mol. The van der Waals surface area contributed by atoms with Crippen molar-refractivity contribution in [2.24, 2.45) is 7.05 Å². The summed E-state index contributed by atoms with van der Waals surface area (Å²) in [6.07, 6.45) is -1.99. The van der Waals surface area contributed by atoms with Gasteiger partial charge in [0.15, 0.2) is 0 Å². The van der Waals surface area contributed by atoms with E-state index in [-0.39, 0.29) is 18.8 Å². The number of amides is 2. The van der Waals surface area contributed by atoms with Crippen LogP contribution in [-0.2, 0) is 7.05 Å². The number of anilines is 1.